The van der Waals surface area contributed by atoms with E-state index in [2.05, 4.69) is 4.98 Å². The zero-order valence-electron chi connectivity index (χ0n) is 10.2. The first-order chi connectivity index (χ1) is 9.19. The number of imidazole rings is 1. The smallest absolute Gasteiger partial charge is 0.269 e. The molecule has 3 rings (SSSR count). The summed E-state index contributed by atoms with van der Waals surface area (Å²) in [5.41, 5.74) is 1.53. The van der Waals surface area contributed by atoms with Gasteiger partial charge in [-0.3, -0.25) is 9.20 Å². The van der Waals surface area contributed by atoms with Crippen LogP contribution in [0.15, 0.2) is 34.7 Å². The summed E-state index contributed by atoms with van der Waals surface area (Å²) in [6, 6.07) is 5.24. The van der Waals surface area contributed by atoms with Crippen LogP contribution in [0.25, 0.3) is 4.96 Å². The van der Waals surface area contributed by atoms with Gasteiger partial charge >= 0.3 is 0 Å². The van der Waals surface area contributed by atoms with Gasteiger partial charge in [0.2, 0.25) is 0 Å². The van der Waals surface area contributed by atoms with E-state index < -0.39 is 0 Å². The molecule has 0 radical (unpaired) electrons. The van der Waals surface area contributed by atoms with Crippen molar-refractivity contribution in [3.63, 3.8) is 0 Å². The molecule has 0 aliphatic heterocycles. The van der Waals surface area contributed by atoms with Gasteiger partial charge in [0.15, 0.2) is 4.96 Å². The van der Waals surface area contributed by atoms with Crippen LogP contribution in [0.1, 0.15) is 17.0 Å². The van der Waals surface area contributed by atoms with Crippen molar-refractivity contribution in [2.45, 2.75) is 13.5 Å². The topological polar surface area (TPSA) is 63.1 Å². The van der Waals surface area contributed by atoms with Gasteiger partial charge in [-0.25, -0.2) is 4.98 Å². The van der Waals surface area contributed by atoms with Crippen LogP contribution in [0, 0.1) is 18.3 Å². The van der Waals surface area contributed by atoms with Crippen LogP contribution < -0.4 is 5.56 Å². The van der Waals surface area contributed by atoms with Crippen LogP contribution in [0.4, 0.5) is 0 Å². The summed E-state index contributed by atoms with van der Waals surface area (Å²) in [5, 5.41) is 10.9. The van der Waals surface area contributed by atoms with Crippen molar-refractivity contribution in [2.75, 3.05) is 0 Å². The fourth-order valence-corrected chi connectivity index (χ4v) is 2.69. The van der Waals surface area contributed by atoms with Gasteiger partial charge in [-0.15, -0.1) is 11.3 Å². The van der Waals surface area contributed by atoms with E-state index in [1.54, 1.807) is 28.0 Å². The molecule has 19 heavy (non-hydrogen) atoms. The molecule has 0 aliphatic carbocycles. The van der Waals surface area contributed by atoms with Crippen molar-refractivity contribution in [3.8, 4) is 6.07 Å². The molecule has 0 bridgehead atoms. The fourth-order valence-electron chi connectivity index (χ4n) is 1.97. The predicted octanol–water partition coefficient (Wildman–Crippen LogP) is 1.79. The Morgan fingerprint density at radius 2 is 2.32 bits per heavy atom. The van der Waals surface area contributed by atoms with Crippen LogP contribution in [0.3, 0.4) is 0 Å². The molecule has 0 saturated carbocycles. The van der Waals surface area contributed by atoms with Crippen LogP contribution >= 0.6 is 11.3 Å². The van der Waals surface area contributed by atoms with E-state index in [0.29, 0.717) is 6.54 Å². The number of nitriles is 1. The first kappa shape index (κ1) is 11.7. The van der Waals surface area contributed by atoms with E-state index >= 15 is 0 Å². The SMILES string of the molecule is Cc1ccc(C#N)c(=O)n1Cc1cn2ccsc2n1. The number of hydrogen-bond donors (Lipinski definition) is 0. The molecule has 3 aromatic rings. The lowest BCUT2D eigenvalue weighted by atomic mass is 10.2. The summed E-state index contributed by atoms with van der Waals surface area (Å²) in [5.74, 6) is 0. The third-order valence-electron chi connectivity index (χ3n) is 2.98. The number of aromatic nitrogens is 3. The lowest BCUT2D eigenvalue weighted by Gasteiger charge is -2.07. The van der Waals surface area contributed by atoms with Crippen molar-refractivity contribution in [1.29, 1.82) is 5.26 Å². The van der Waals surface area contributed by atoms with E-state index in [-0.39, 0.29) is 11.1 Å². The molecular weight excluding hydrogens is 260 g/mol. The van der Waals surface area contributed by atoms with Crippen LogP contribution in [0.2, 0.25) is 0 Å². The lowest BCUT2D eigenvalue weighted by molar-refractivity contribution is 0.714. The number of hydrogen-bond acceptors (Lipinski definition) is 4. The van der Waals surface area contributed by atoms with Gasteiger partial charge in [0.1, 0.15) is 11.6 Å². The zero-order chi connectivity index (χ0) is 13.4. The highest BCUT2D eigenvalue weighted by atomic mass is 32.1. The number of fused-ring (bicyclic) bond motifs is 1. The van der Waals surface area contributed by atoms with Crippen molar-refractivity contribution < 1.29 is 0 Å². The van der Waals surface area contributed by atoms with Crippen LogP contribution in [-0.2, 0) is 6.54 Å². The van der Waals surface area contributed by atoms with E-state index in [1.807, 2.05) is 35.2 Å². The van der Waals surface area contributed by atoms with E-state index in [1.165, 1.54) is 0 Å². The molecule has 94 valence electrons. The number of thiazole rings is 1. The summed E-state index contributed by atoms with van der Waals surface area (Å²) in [7, 11) is 0. The minimum absolute atomic E-state index is 0.159. The van der Waals surface area contributed by atoms with Gasteiger partial charge in [-0.05, 0) is 19.1 Å². The summed E-state index contributed by atoms with van der Waals surface area (Å²) in [6.07, 6.45) is 3.83. The van der Waals surface area contributed by atoms with Crippen LogP contribution in [-0.4, -0.2) is 14.0 Å². The molecule has 0 N–H and O–H groups in total. The molecule has 6 heteroatoms. The molecule has 0 aliphatic rings. The first-order valence-electron chi connectivity index (χ1n) is 5.70. The molecule has 0 amide bonds. The van der Waals surface area contributed by atoms with E-state index in [9.17, 15) is 4.79 Å². The van der Waals surface area contributed by atoms with Crippen LogP contribution in [0.5, 0.6) is 0 Å². The zero-order valence-corrected chi connectivity index (χ0v) is 11.0. The fraction of sp³-hybridized carbons (Fsp3) is 0.154. The number of pyridine rings is 1. The highest BCUT2D eigenvalue weighted by molar-refractivity contribution is 7.15. The summed E-state index contributed by atoms with van der Waals surface area (Å²) < 4.78 is 3.50. The van der Waals surface area contributed by atoms with Crippen molar-refractivity contribution >= 4 is 16.3 Å². The van der Waals surface area contributed by atoms with Crippen molar-refractivity contribution in [1.82, 2.24) is 14.0 Å². The standard InChI is InChI=1S/C13H10N4OS/c1-9-2-3-10(6-14)12(18)17(9)8-11-7-16-4-5-19-13(16)15-11/h2-5,7H,8H2,1H3. The van der Waals surface area contributed by atoms with E-state index in [4.69, 9.17) is 5.26 Å². The maximum Gasteiger partial charge on any atom is 0.269 e. The summed E-state index contributed by atoms with van der Waals surface area (Å²) in [6.45, 7) is 2.23. The Labute approximate surface area is 113 Å². The molecule has 0 spiro atoms. The third kappa shape index (κ3) is 1.94. The lowest BCUT2D eigenvalue weighted by Crippen LogP contribution is -2.25. The maximum atomic E-state index is 12.1. The van der Waals surface area contributed by atoms with E-state index in [0.717, 1.165) is 16.3 Å². The Balaban J connectivity index is 2.06. The molecule has 0 aromatic carbocycles. The Morgan fingerprint density at radius 3 is 3.05 bits per heavy atom. The second-order valence-corrected chi connectivity index (χ2v) is 5.09. The highest BCUT2D eigenvalue weighted by Crippen LogP contribution is 2.12. The molecule has 3 heterocycles. The molecule has 0 atom stereocenters. The van der Waals surface area contributed by atoms with Gasteiger partial charge in [0, 0.05) is 23.5 Å². The molecule has 0 unspecified atom stereocenters. The largest absolute Gasteiger partial charge is 0.306 e. The third-order valence-corrected chi connectivity index (χ3v) is 3.75. The van der Waals surface area contributed by atoms with Gasteiger partial charge < -0.3 is 4.57 Å². The quantitative estimate of drug-likeness (QED) is 0.713. The minimum atomic E-state index is -0.265. The number of nitrogens with zero attached hydrogens (tertiary/aromatic N) is 4. The maximum absolute atomic E-state index is 12.1. The van der Waals surface area contributed by atoms with Crippen molar-refractivity contribution in [3.05, 3.63) is 57.2 Å². The second-order valence-electron chi connectivity index (χ2n) is 4.22. The second kappa shape index (κ2) is 4.37. The average Bonchev–Trinajstić information content (AvgIpc) is 2.95. The number of rotatable bonds is 2. The molecule has 3 aromatic heterocycles. The molecular formula is C13H10N4OS. The Hall–Kier alpha value is -2.39. The summed E-state index contributed by atoms with van der Waals surface area (Å²) in [4.78, 5) is 17.4. The van der Waals surface area contributed by atoms with Gasteiger partial charge in [-0.1, -0.05) is 0 Å². The van der Waals surface area contributed by atoms with Gasteiger partial charge in [-0.2, -0.15) is 5.26 Å². The first-order valence-corrected chi connectivity index (χ1v) is 6.58. The normalized spacial score (nSPS) is 10.7. The Morgan fingerprint density at radius 1 is 1.47 bits per heavy atom. The van der Waals surface area contributed by atoms with Gasteiger partial charge in [0.25, 0.3) is 5.56 Å². The minimum Gasteiger partial charge on any atom is -0.306 e. The Kier molecular flexibility index (Phi) is 2.69. The molecule has 0 saturated heterocycles. The molecule has 0 fully saturated rings. The highest BCUT2D eigenvalue weighted by Gasteiger charge is 2.09. The predicted molar refractivity (Wildman–Crippen MR) is 72.3 cm³/mol. The average molecular weight is 270 g/mol. The number of aryl methyl sites for hydroxylation is 1. The van der Waals surface area contributed by atoms with Gasteiger partial charge in [0.05, 0.1) is 12.2 Å². The monoisotopic (exact) mass is 270 g/mol. The molecule has 5 nitrogen and oxygen atoms in total. The van der Waals surface area contributed by atoms with Crippen molar-refractivity contribution in [2.24, 2.45) is 0 Å². The summed E-state index contributed by atoms with van der Waals surface area (Å²) >= 11 is 1.55. The Bertz CT molecular complexity index is 821.